The van der Waals surface area contributed by atoms with Crippen LogP contribution in [0.3, 0.4) is 0 Å². The maximum Gasteiger partial charge on any atom is 0.119 e. The second kappa shape index (κ2) is 10.4. The van der Waals surface area contributed by atoms with Gasteiger partial charge in [0.2, 0.25) is 0 Å². The lowest BCUT2D eigenvalue weighted by molar-refractivity contribution is 0.185. The van der Waals surface area contributed by atoms with Crippen LogP contribution >= 0.6 is 11.9 Å². The van der Waals surface area contributed by atoms with Gasteiger partial charge in [-0.1, -0.05) is 18.2 Å². The van der Waals surface area contributed by atoms with Gasteiger partial charge in [0.15, 0.2) is 0 Å². The molecule has 0 N–H and O–H groups in total. The third-order valence-corrected chi connectivity index (χ3v) is 6.48. The highest BCUT2D eigenvalue weighted by atomic mass is 32.2. The first-order chi connectivity index (χ1) is 14.0. The first-order valence-electron chi connectivity index (χ1n) is 10.5. The summed E-state index contributed by atoms with van der Waals surface area (Å²) in [7, 11) is 4.01. The summed E-state index contributed by atoms with van der Waals surface area (Å²) in [6.45, 7) is 9.15. The van der Waals surface area contributed by atoms with Crippen LogP contribution in [0.5, 0.6) is 5.75 Å². The fourth-order valence-corrected chi connectivity index (χ4v) is 4.95. The zero-order chi connectivity index (χ0) is 20.8. The second-order valence-electron chi connectivity index (χ2n) is 8.02. The molecule has 0 saturated carbocycles. The molecule has 1 saturated heterocycles. The topological polar surface area (TPSA) is 24.9 Å². The number of rotatable bonds is 8. The highest BCUT2D eigenvalue weighted by Crippen LogP contribution is 2.32. The largest absolute Gasteiger partial charge is 0.491 e. The summed E-state index contributed by atoms with van der Waals surface area (Å²) >= 11 is 1.86. The molecule has 1 fully saturated rings. The van der Waals surface area contributed by atoms with E-state index in [1.54, 1.807) is 7.11 Å². The van der Waals surface area contributed by atoms with Crippen LogP contribution in [0.4, 0.5) is 5.69 Å². The molecule has 5 heteroatoms. The smallest absolute Gasteiger partial charge is 0.119 e. The summed E-state index contributed by atoms with van der Waals surface area (Å²) in [6.07, 6.45) is 2.54. The van der Waals surface area contributed by atoms with Gasteiger partial charge in [-0.25, -0.2) is 4.31 Å². The number of nitrogens with zero attached hydrogens (tertiary/aromatic N) is 2. The molecule has 2 aromatic carbocycles. The quantitative estimate of drug-likeness (QED) is 0.529. The van der Waals surface area contributed by atoms with Crippen molar-refractivity contribution in [2.24, 2.45) is 0 Å². The van der Waals surface area contributed by atoms with Crippen molar-refractivity contribution in [3.05, 3.63) is 53.6 Å². The molecule has 0 aliphatic carbocycles. The second-order valence-corrected chi connectivity index (χ2v) is 9.19. The van der Waals surface area contributed by atoms with Crippen LogP contribution in [0.1, 0.15) is 37.8 Å². The lowest BCUT2D eigenvalue weighted by Crippen LogP contribution is -2.41. The third-order valence-electron chi connectivity index (χ3n) is 5.38. The molecule has 0 amide bonds. The molecular weight excluding hydrogens is 380 g/mol. The molecule has 4 nitrogen and oxygen atoms in total. The summed E-state index contributed by atoms with van der Waals surface area (Å²) in [5.41, 5.74) is 3.93. The molecule has 0 atom stereocenters. The molecule has 0 aromatic heterocycles. The van der Waals surface area contributed by atoms with Gasteiger partial charge in [0, 0.05) is 49.4 Å². The van der Waals surface area contributed by atoms with Crippen molar-refractivity contribution in [3.63, 3.8) is 0 Å². The van der Waals surface area contributed by atoms with E-state index >= 15 is 0 Å². The first-order valence-corrected chi connectivity index (χ1v) is 11.2. The molecule has 0 unspecified atom stereocenters. The molecule has 0 bridgehead atoms. The number of hydrogen-bond acceptors (Lipinski definition) is 5. The number of anilines is 1. The van der Waals surface area contributed by atoms with E-state index in [-0.39, 0.29) is 6.10 Å². The lowest BCUT2D eigenvalue weighted by atomic mass is 10.0. The molecule has 158 valence electrons. The standard InChI is InChI=1S/C24H34N2O2S/c1-18(2)28-22-9-11-23(12-10-22)29-26-15-13-21(14-16-26)25(4)24-19(3)7-6-8-20(24)17-27-5/h6-12,18,21H,13-17H2,1-5H3. The summed E-state index contributed by atoms with van der Waals surface area (Å²) in [6, 6.07) is 15.5. The molecule has 1 aliphatic rings. The van der Waals surface area contributed by atoms with Crippen molar-refractivity contribution in [1.29, 1.82) is 0 Å². The Morgan fingerprint density at radius 2 is 1.79 bits per heavy atom. The van der Waals surface area contributed by atoms with Crippen molar-refractivity contribution in [3.8, 4) is 5.75 Å². The van der Waals surface area contributed by atoms with Crippen LogP contribution < -0.4 is 9.64 Å². The Kier molecular flexibility index (Phi) is 7.87. The average Bonchev–Trinajstić information content (AvgIpc) is 2.70. The van der Waals surface area contributed by atoms with Gasteiger partial charge in [-0.05, 0) is 75.4 Å². The van der Waals surface area contributed by atoms with Gasteiger partial charge in [-0.2, -0.15) is 0 Å². The zero-order valence-electron chi connectivity index (χ0n) is 18.4. The van der Waals surface area contributed by atoms with Crippen molar-refractivity contribution in [1.82, 2.24) is 4.31 Å². The highest BCUT2D eigenvalue weighted by molar-refractivity contribution is 7.97. The number of para-hydroxylation sites is 1. The SMILES string of the molecule is COCc1cccc(C)c1N(C)C1CCN(Sc2ccc(OC(C)C)cc2)CC1. The predicted molar refractivity (Wildman–Crippen MR) is 123 cm³/mol. The van der Waals surface area contributed by atoms with Crippen LogP contribution in [-0.4, -0.2) is 43.7 Å². The van der Waals surface area contributed by atoms with E-state index in [9.17, 15) is 0 Å². The highest BCUT2D eigenvalue weighted by Gasteiger charge is 2.25. The average molecular weight is 415 g/mol. The Bertz CT molecular complexity index is 771. The van der Waals surface area contributed by atoms with Crippen LogP contribution in [0, 0.1) is 6.92 Å². The minimum absolute atomic E-state index is 0.210. The molecule has 29 heavy (non-hydrogen) atoms. The van der Waals surface area contributed by atoms with Gasteiger partial charge < -0.3 is 14.4 Å². The molecule has 2 aromatic rings. The van der Waals surface area contributed by atoms with Gasteiger partial charge in [0.25, 0.3) is 0 Å². The molecule has 0 radical (unpaired) electrons. The lowest BCUT2D eigenvalue weighted by Gasteiger charge is -2.38. The minimum Gasteiger partial charge on any atom is -0.491 e. The Balaban J connectivity index is 1.57. The number of methoxy groups -OCH3 is 1. The van der Waals surface area contributed by atoms with Gasteiger partial charge in [0.1, 0.15) is 5.75 Å². The number of aryl methyl sites for hydroxylation is 1. The van der Waals surface area contributed by atoms with Crippen molar-refractivity contribution >= 4 is 17.6 Å². The van der Waals surface area contributed by atoms with Crippen LogP contribution in [0.25, 0.3) is 0 Å². The third kappa shape index (κ3) is 5.91. The Morgan fingerprint density at radius 1 is 1.10 bits per heavy atom. The minimum atomic E-state index is 0.210. The van der Waals surface area contributed by atoms with Crippen molar-refractivity contribution in [2.45, 2.75) is 57.3 Å². The Hall–Kier alpha value is -1.69. The van der Waals surface area contributed by atoms with Gasteiger partial charge >= 0.3 is 0 Å². The summed E-state index contributed by atoms with van der Waals surface area (Å²) in [5, 5.41) is 0. The molecule has 3 rings (SSSR count). The summed E-state index contributed by atoms with van der Waals surface area (Å²) < 4.78 is 13.7. The van der Waals surface area contributed by atoms with E-state index in [0.29, 0.717) is 12.6 Å². The molecule has 1 aliphatic heterocycles. The van der Waals surface area contributed by atoms with Gasteiger partial charge in [0.05, 0.1) is 12.7 Å². The van der Waals surface area contributed by atoms with Gasteiger partial charge in [-0.15, -0.1) is 0 Å². The van der Waals surface area contributed by atoms with E-state index in [0.717, 1.165) is 18.8 Å². The van der Waals surface area contributed by atoms with Crippen LogP contribution in [0.2, 0.25) is 0 Å². The monoisotopic (exact) mass is 414 g/mol. The molecule has 1 heterocycles. The van der Waals surface area contributed by atoms with E-state index in [1.807, 2.05) is 11.9 Å². The molecular formula is C24H34N2O2S. The Labute approximate surface area is 180 Å². The fraction of sp³-hybridized carbons (Fsp3) is 0.500. The predicted octanol–water partition coefficient (Wildman–Crippen LogP) is 5.54. The van der Waals surface area contributed by atoms with Crippen LogP contribution in [0.15, 0.2) is 47.4 Å². The first kappa shape index (κ1) is 22.0. The maximum atomic E-state index is 5.74. The summed E-state index contributed by atoms with van der Waals surface area (Å²) in [4.78, 5) is 3.75. The normalized spacial score (nSPS) is 15.7. The Morgan fingerprint density at radius 3 is 2.41 bits per heavy atom. The summed E-state index contributed by atoms with van der Waals surface area (Å²) in [5.74, 6) is 0.940. The van der Waals surface area contributed by atoms with Crippen LogP contribution in [-0.2, 0) is 11.3 Å². The number of hydrogen-bond donors (Lipinski definition) is 0. The number of ether oxygens (including phenoxy) is 2. The van der Waals surface area contributed by atoms with E-state index in [1.165, 1.54) is 34.6 Å². The van der Waals surface area contributed by atoms with Gasteiger partial charge in [-0.3, -0.25) is 0 Å². The van der Waals surface area contributed by atoms with E-state index in [4.69, 9.17) is 9.47 Å². The molecule has 0 spiro atoms. The fourth-order valence-electron chi connectivity index (χ4n) is 4.00. The maximum absolute atomic E-state index is 5.74. The van der Waals surface area contributed by atoms with Crippen molar-refractivity contribution in [2.75, 3.05) is 32.1 Å². The number of benzene rings is 2. The van der Waals surface area contributed by atoms with Crippen molar-refractivity contribution < 1.29 is 9.47 Å². The number of piperidine rings is 1. The van der Waals surface area contributed by atoms with E-state index < -0.39 is 0 Å². The zero-order valence-corrected chi connectivity index (χ0v) is 19.2. The van der Waals surface area contributed by atoms with E-state index in [2.05, 4.69) is 79.5 Å².